The van der Waals surface area contributed by atoms with Gasteiger partial charge in [-0.15, -0.1) is 0 Å². The summed E-state index contributed by atoms with van der Waals surface area (Å²) in [5.41, 5.74) is 3.35. The Hall–Kier alpha value is -2.66. The van der Waals surface area contributed by atoms with Gasteiger partial charge in [0.25, 0.3) is 0 Å². The molecule has 0 aliphatic carbocycles. The molecule has 2 amide bonds. The molecule has 29 heavy (non-hydrogen) atoms. The molecule has 154 valence electrons. The van der Waals surface area contributed by atoms with Gasteiger partial charge < -0.3 is 9.80 Å². The summed E-state index contributed by atoms with van der Waals surface area (Å²) in [6.07, 6.45) is 1.22. The first kappa shape index (κ1) is 21.1. The van der Waals surface area contributed by atoms with Gasteiger partial charge in [-0.25, -0.2) is 0 Å². The van der Waals surface area contributed by atoms with Gasteiger partial charge in [0.2, 0.25) is 11.8 Å². The van der Waals surface area contributed by atoms with E-state index in [4.69, 9.17) is 0 Å². The van der Waals surface area contributed by atoms with E-state index in [0.29, 0.717) is 13.0 Å². The van der Waals surface area contributed by atoms with Gasteiger partial charge in [0.1, 0.15) is 0 Å². The van der Waals surface area contributed by atoms with Crippen LogP contribution in [0.1, 0.15) is 31.4 Å². The van der Waals surface area contributed by atoms with Gasteiger partial charge >= 0.3 is 0 Å². The lowest BCUT2D eigenvalue weighted by Gasteiger charge is -2.35. The van der Waals surface area contributed by atoms with Crippen LogP contribution in [0.25, 0.3) is 0 Å². The number of rotatable bonds is 7. The molecule has 5 nitrogen and oxygen atoms in total. The minimum atomic E-state index is -0.0219. The van der Waals surface area contributed by atoms with Gasteiger partial charge in [0.15, 0.2) is 0 Å². The Bertz CT molecular complexity index is 814. The molecule has 0 aromatic heterocycles. The summed E-state index contributed by atoms with van der Waals surface area (Å²) in [6, 6.07) is 18.4. The van der Waals surface area contributed by atoms with Gasteiger partial charge in [0.05, 0.1) is 0 Å². The lowest BCUT2D eigenvalue weighted by atomic mass is 10.1. The second-order valence-electron chi connectivity index (χ2n) is 7.55. The maximum absolute atomic E-state index is 12.7. The van der Waals surface area contributed by atoms with E-state index >= 15 is 0 Å². The van der Waals surface area contributed by atoms with E-state index in [9.17, 15) is 9.59 Å². The van der Waals surface area contributed by atoms with Crippen LogP contribution in [0.5, 0.6) is 0 Å². The fourth-order valence-corrected chi connectivity index (χ4v) is 3.88. The van der Waals surface area contributed by atoms with Crippen LogP contribution in [-0.2, 0) is 22.6 Å². The van der Waals surface area contributed by atoms with E-state index in [2.05, 4.69) is 36.1 Å². The zero-order chi connectivity index (χ0) is 20.6. The van der Waals surface area contributed by atoms with Crippen LogP contribution in [0.15, 0.2) is 54.6 Å². The van der Waals surface area contributed by atoms with Crippen molar-refractivity contribution in [1.82, 2.24) is 9.80 Å². The summed E-state index contributed by atoms with van der Waals surface area (Å²) in [4.78, 5) is 31.0. The third-order valence-electron chi connectivity index (χ3n) is 5.57. The molecule has 0 spiro atoms. The Kier molecular flexibility index (Phi) is 7.42. The second kappa shape index (κ2) is 10.2. The number of amides is 2. The summed E-state index contributed by atoms with van der Waals surface area (Å²) in [5.74, 6) is 0.107. The first-order valence-corrected chi connectivity index (χ1v) is 10.5. The van der Waals surface area contributed by atoms with E-state index in [1.165, 1.54) is 5.56 Å². The summed E-state index contributed by atoms with van der Waals surface area (Å²) in [7, 11) is 0. The fraction of sp³-hybridized carbons (Fsp3) is 0.417. The summed E-state index contributed by atoms with van der Waals surface area (Å²) < 4.78 is 0. The van der Waals surface area contributed by atoms with E-state index in [1.54, 1.807) is 11.8 Å². The van der Waals surface area contributed by atoms with Crippen molar-refractivity contribution < 1.29 is 9.59 Å². The van der Waals surface area contributed by atoms with Crippen LogP contribution in [-0.4, -0.2) is 54.3 Å². The molecule has 0 N–H and O–H groups in total. The van der Waals surface area contributed by atoms with Crippen LogP contribution < -0.4 is 4.90 Å². The molecule has 2 aromatic carbocycles. The number of anilines is 1. The van der Waals surface area contributed by atoms with E-state index in [1.807, 2.05) is 35.2 Å². The van der Waals surface area contributed by atoms with Crippen molar-refractivity contribution in [1.29, 1.82) is 0 Å². The monoisotopic (exact) mass is 393 g/mol. The van der Waals surface area contributed by atoms with Crippen molar-refractivity contribution in [2.75, 3.05) is 37.6 Å². The minimum absolute atomic E-state index is 0.0219. The van der Waals surface area contributed by atoms with E-state index in [0.717, 1.165) is 50.4 Å². The Morgan fingerprint density at radius 3 is 2.24 bits per heavy atom. The number of aryl methyl sites for hydroxylation is 1. The van der Waals surface area contributed by atoms with Gasteiger partial charge in [0, 0.05) is 58.3 Å². The zero-order valence-electron chi connectivity index (χ0n) is 17.5. The van der Waals surface area contributed by atoms with Crippen molar-refractivity contribution >= 4 is 17.5 Å². The average Bonchev–Trinajstić information content (AvgIpc) is 2.75. The van der Waals surface area contributed by atoms with Crippen molar-refractivity contribution in [3.63, 3.8) is 0 Å². The average molecular weight is 394 g/mol. The first-order chi connectivity index (χ1) is 14.1. The highest BCUT2D eigenvalue weighted by Crippen LogP contribution is 2.21. The molecule has 1 heterocycles. The molecule has 0 bridgehead atoms. The highest BCUT2D eigenvalue weighted by atomic mass is 16.2. The number of piperazine rings is 1. The quantitative estimate of drug-likeness (QED) is 0.725. The predicted octanol–water partition coefficient (Wildman–Crippen LogP) is 3.34. The second-order valence-corrected chi connectivity index (χ2v) is 7.55. The van der Waals surface area contributed by atoms with Crippen LogP contribution >= 0.6 is 0 Å². The molecular formula is C24H31N3O2. The number of nitrogens with zero attached hydrogens (tertiary/aromatic N) is 3. The Labute approximate surface area is 173 Å². The molecule has 0 unspecified atom stereocenters. The Balaban J connectivity index is 1.51. The maximum Gasteiger partial charge on any atom is 0.224 e. The van der Waals surface area contributed by atoms with Gasteiger partial charge in [-0.1, -0.05) is 55.5 Å². The molecule has 1 fully saturated rings. The molecule has 1 aliphatic heterocycles. The SMILES string of the molecule is CCc1ccccc1N(CCC(=O)N1CCN(Cc2ccccc2)CC1)C(C)=O. The predicted molar refractivity (Wildman–Crippen MR) is 117 cm³/mol. The van der Waals surface area contributed by atoms with Crippen molar-refractivity contribution in [3.05, 3.63) is 65.7 Å². The third kappa shape index (κ3) is 5.67. The van der Waals surface area contributed by atoms with Crippen LogP contribution in [0.3, 0.4) is 0 Å². The normalized spacial score (nSPS) is 14.6. The summed E-state index contributed by atoms with van der Waals surface area (Å²) >= 11 is 0. The minimum Gasteiger partial charge on any atom is -0.340 e. The highest BCUT2D eigenvalue weighted by molar-refractivity contribution is 5.93. The molecule has 1 saturated heterocycles. The van der Waals surface area contributed by atoms with Crippen LogP contribution in [0, 0.1) is 0 Å². The lowest BCUT2D eigenvalue weighted by Crippen LogP contribution is -2.49. The van der Waals surface area contributed by atoms with E-state index in [-0.39, 0.29) is 11.8 Å². The molecule has 5 heteroatoms. The lowest BCUT2D eigenvalue weighted by molar-refractivity contribution is -0.132. The Morgan fingerprint density at radius 1 is 0.931 bits per heavy atom. The number of benzene rings is 2. The van der Waals surface area contributed by atoms with Crippen molar-refractivity contribution in [2.24, 2.45) is 0 Å². The molecule has 1 aliphatic rings. The van der Waals surface area contributed by atoms with Gasteiger partial charge in [-0.05, 0) is 23.6 Å². The number of para-hydroxylation sites is 1. The summed E-state index contributed by atoms with van der Waals surface area (Å²) in [6.45, 7) is 8.26. The third-order valence-corrected chi connectivity index (χ3v) is 5.57. The zero-order valence-corrected chi connectivity index (χ0v) is 17.5. The van der Waals surface area contributed by atoms with Crippen LogP contribution in [0.4, 0.5) is 5.69 Å². The van der Waals surface area contributed by atoms with Gasteiger partial charge in [-0.3, -0.25) is 14.5 Å². The number of carbonyl (C=O) groups excluding carboxylic acids is 2. The number of carbonyl (C=O) groups is 2. The number of hydrogen-bond donors (Lipinski definition) is 0. The van der Waals surface area contributed by atoms with Crippen LogP contribution in [0.2, 0.25) is 0 Å². The fourth-order valence-electron chi connectivity index (χ4n) is 3.88. The summed E-state index contributed by atoms with van der Waals surface area (Å²) in [5, 5.41) is 0. The number of hydrogen-bond acceptors (Lipinski definition) is 3. The first-order valence-electron chi connectivity index (χ1n) is 10.5. The standard InChI is InChI=1S/C24H31N3O2/c1-3-22-11-7-8-12-23(22)27(20(2)28)14-13-24(29)26-17-15-25(16-18-26)19-21-9-5-4-6-10-21/h4-12H,3,13-19H2,1-2H3. The maximum atomic E-state index is 12.7. The molecular weight excluding hydrogens is 362 g/mol. The molecule has 0 radical (unpaired) electrons. The van der Waals surface area contributed by atoms with Crippen molar-refractivity contribution in [3.8, 4) is 0 Å². The molecule has 3 rings (SSSR count). The molecule has 2 aromatic rings. The van der Waals surface area contributed by atoms with Gasteiger partial charge in [-0.2, -0.15) is 0 Å². The van der Waals surface area contributed by atoms with Crippen molar-refractivity contribution in [2.45, 2.75) is 33.2 Å². The Morgan fingerprint density at radius 2 is 1.59 bits per heavy atom. The van der Waals surface area contributed by atoms with E-state index < -0.39 is 0 Å². The molecule has 0 atom stereocenters. The topological polar surface area (TPSA) is 43.9 Å². The largest absolute Gasteiger partial charge is 0.340 e. The molecule has 0 saturated carbocycles. The smallest absolute Gasteiger partial charge is 0.224 e. The highest BCUT2D eigenvalue weighted by Gasteiger charge is 2.23.